The average molecular weight is 2010 g/mol. The normalized spacial score (nSPS) is 24.0. The number of carbonyl (C=O) groups is 8. The van der Waals surface area contributed by atoms with Gasteiger partial charge in [0.1, 0.15) is 33.0 Å². The lowest BCUT2D eigenvalue weighted by Gasteiger charge is -2.54. The number of amides is 6. The fraction of sp³-hybridized carbons (Fsp3) is 0.533. The smallest absolute Gasteiger partial charge is 0.324 e. The molecule has 6 amide bonds. The van der Waals surface area contributed by atoms with Crippen LogP contribution in [0, 0.1) is 5.92 Å². The highest BCUT2D eigenvalue weighted by atomic mass is 79.9. The molecule has 11 aliphatic heterocycles. The van der Waals surface area contributed by atoms with Crippen LogP contribution in [0.4, 0.5) is 0 Å². The number of esters is 2. The Labute approximate surface area is 831 Å². The van der Waals surface area contributed by atoms with Crippen molar-refractivity contribution in [2.24, 2.45) is 5.92 Å². The number of nitrogens with one attached hydrogen (secondary N) is 6. The third-order valence-electron chi connectivity index (χ3n) is 26.5. The molecule has 0 bridgehead atoms. The average Bonchev–Trinajstić information content (AvgIpc) is 0.763. The second-order valence-corrected chi connectivity index (χ2v) is 37.5. The molecule has 136 heavy (non-hydrogen) atoms. The van der Waals surface area contributed by atoms with Crippen LogP contribution < -0.4 is 31.9 Å². The first-order valence-corrected chi connectivity index (χ1v) is 47.9. The van der Waals surface area contributed by atoms with Gasteiger partial charge in [0.15, 0.2) is 5.54 Å². The summed E-state index contributed by atoms with van der Waals surface area (Å²) >= 11 is 6.26. The van der Waals surface area contributed by atoms with E-state index < -0.39 is 5.54 Å². The first kappa shape index (κ1) is 117. The zero-order chi connectivity index (χ0) is 91.4. The number of halogens is 2. The van der Waals surface area contributed by atoms with E-state index in [4.69, 9.17) is 9.47 Å². The highest BCUT2D eigenvalue weighted by Crippen LogP contribution is 2.36. The first-order valence-electron chi connectivity index (χ1n) is 45.8. The molecule has 29 heteroatoms. The van der Waals surface area contributed by atoms with Crippen molar-refractivity contribution in [3.05, 3.63) is 251 Å². The molecule has 9 atom stereocenters. The van der Waals surface area contributed by atoms with Crippen LogP contribution in [0.15, 0.2) is 212 Å². The van der Waals surface area contributed by atoms with Gasteiger partial charge in [-0.15, -0.1) is 0 Å². The van der Waals surface area contributed by atoms with E-state index in [0.717, 1.165) is 163 Å². The van der Waals surface area contributed by atoms with Gasteiger partial charge in [-0.2, -0.15) is 0 Å². The van der Waals surface area contributed by atoms with Gasteiger partial charge in [0.2, 0.25) is 35.4 Å². The molecule has 7 aromatic rings. The quantitative estimate of drug-likeness (QED) is 0.0209. The molecule has 0 aromatic heterocycles. The predicted molar refractivity (Wildman–Crippen MR) is 556 cm³/mol. The highest BCUT2D eigenvalue weighted by Gasteiger charge is 2.58. The van der Waals surface area contributed by atoms with Gasteiger partial charge in [0.05, 0.1) is 38.4 Å². The summed E-state index contributed by atoms with van der Waals surface area (Å²) in [7, 11) is 6.13. The number of hydrogen-bond acceptors (Lipinski definition) is 21. The van der Waals surface area contributed by atoms with Crippen molar-refractivity contribution in [2.75, 3.05) is 177 Å². The lowest BCUT2D eigenvalue weighted by atomic mass is 9.80. The minimum atomic E-state index is -0.697. The van der Waals surface area contributed by atoms with E-state index in [2.05, 4.69) is 253 Å². The summed E-state index contributed by atoms with van der Waals surface area (Å²) in [6.07, 6.45) is 3.19. The number of piperazine rings is 5. The van der Waals surface area contributed by atoms with Gasteiger partial charge in [-0.1, -0.05) is 303 Å². The van der Waals surface area contributed by atoms with Gasteiger partial charge >= 0.3 is 11.9 Å². The maximum atomic E-state index is 13.1. The molecule has 0 aliphatic carbocycles. The van der Waals surface area contributed by atoms with Crippen LogP contribution in [0.25, 0.3) is 0 Å². The number of β-lactam (4-membered cyclic amide) rings is 5. The minimum absolute atomic E-state index is 0. The van der Waals surface area contributed by atoms with E-state index in [1.54, 1.807) is 11.8 Å². The molecule has 5 spiro atoms. The van der Waals surface area contributed by atoms with Crippen LogP contribution in [-0.4, -0.2) is 318 Å². The maximum Gasteiger partial charge on any atom is 0.324 e. The van der Waals surface area contributed by atoms with Crippen LogP contribution in [0.5, 0.6) is 0 Å². The van der Waals surface area contributed by atoms with Crippen LogP contribution in [-0.2, 0) is 98.4 Å². The number of rotatable bonds is 22. The van der Waals surface area contributed by atoms with Gasteiger partial charge < -0.3 is 60.4 Å². The SMILES string of the molecule is C.C.C.C.C.C.C.CCOC(=O)C(Br)CBr.CCOC(=O)C1CN(Cc2ccccc2)CCN1Cc1ccccc1.CN1CCN(Cc2ccccc2)C2(CNC2=O)C1.CN1CCNC2(CNC2=O)C1.C[C@H](C(=O)N1CCN(C)CC12CNC2=O)[C@@H](C)OCc1ccccc1.O=C1NCC12CCCCN2Cc1ccccc1.O=C1NCC12CN(Cc1ccccc1)CCN2Cc1ccccc1. The van der Waals surface area contributed by atoms with E-state index in [1.165, 1.54) is 46.2 Å². The van der Waals surface area contributed by atoms with Crippen molar-refractivity contribution in [3.63, 3.8) is 0 Å². The number of likely N-dealkylation sites (N-methyl/N-ethyl adjacent to an activating group) is 3. The third-order valence-corrected chi connectivity index (χ3v) is 28.7. The fourth-order valence-corrected chi connectivity index (χ4v) is 18.9. The molecule has 6 N–H and O–H groups in total. The lowest BCUT2D eigenvalue weighted by molar-refractivity contribution is -0.166. The Balaban J connectivity index is 0.000000284. The lowest BCUT2D eigenvalue weighted by Crippen LogP contribution is -2.80. The fourth-order valence-electron chi connectivity index (χ4n) is 18.5. The standard InChI is InChI=1S/C21H26N2O2.C20H23N3O.C19H27N3O3.C14H19N3O.C14H18N2O.C7H13N3O.C5H8Br2O2.7CH4/c1-2-25-21(24)20-17-22(15-18-9-5-3-6-10-18)13-14-23(20)16-19-11-7-4-8-12-19;24-19-20(15-21-19)16-22(13-17-7-3-1-4-8-17)11-12-23(20)14-18-9-5-2-6-10-18;1-14(15(2)25-11-16-7-5-4-6-8-16)17(23)22-10-9-21(3)13-19(22)12-20-18(19)24;1-16-7-8-17(9-12-5-3-2-4-6-12)14(11-16)10-15-13(14)18;17-13-14(11-15-13)8-4-5-9-16(14)10-12-6-2-1-3-7-12;1-10-3-2-9-7(5-10)4-8-6(7)11;1-2-9-5(8)4(7)3-6;;;;;;;/h3-12,20H,2,13-17H2,1H3;1-10H,11-16H2,(H,21,24);4-8,14-15H,9-13H2,1-3H3,(H,20,24);2-6H,7-11H2,1H3,(H,15,18);1-3,6-7H,4-5,8-11H2,(H,15,17);9H,2-5H2,1H3,(H,8,11);4H,2-3H2,1H3;7*1H4/t;;14-,15+,19?;;;;;;;;;;;/m..0.........../s1. The van der Waals surface area contributed by atoms with E-state index in [-0.39, 0.29) is 144 Å². The third kappa shape index (κ3) is 30.4. The van der Waals surface area contributed by atoms with Crippen LogP contribution >= 0.6 is 31.9 Å². The topological polar surface area (TPSA) is 269 Å². The summed E-state index contributed by atoms with van der Waals surface area (Å²) in [6.45, 7) is 31.6. The molecule has 7 unspecified atom stereocenters. The summed E-state index contributed by atoms with van der Waals surface area (Å²) in [5, 5.41) is 18.2. The molecule has 11 fully saturated rings. The number of piperidine rings is 1. The summed E-state index contributed by atoms with van der Waals surface area (Å²) in [5.41, 5.74) is 6.98. The molecule has 11 saturated heterocycles. The molecule has 11 aliphatic rings. The molecule has 7 aromatic carbocycles. The van der Waals surface area contributed by atoms with Crippen molar-refractivity contribution in [1.82, 2.24) is 80.9 Å². The molecule has 0 saturated carbocycles. The predicted octanol–water partition coefficient (Wildman–Crippen LogP) is 12.1. The van der Waals surface area contributed by atoms with E-state index in [1.807, 2.05) is 114 Å². The number of alkyl halides is 2. The van der Waals surface area contributed by atoms with Gasteiger partial charge in [0.25, 0.3) is 0 Å². The summed E-state index contributed by atoms with van der Waals surface area (Å²) in [4.78, 5) is 118. The molecule has 0 radical (unpaired) electrons. The Kier molecular flexibility index (Phi) is 49.0. The molecule has 11 heterocycles. The molecule has 750 valence electrons. The Morgan fingerprint density at radius 2 is 0.787 bits per heavy atom. The van der Waals surface area contributed by atoms with Gasteiger partial charge in [-0.05, 0) is 107 Å². The van der Waals surface area contributed by atoms with Crippen molar-refractivity contribution in [1.29, 1.82) is 0 Å². The highest BCUT2D eigenvalue weighted by molar-refractivity contribution is 9.12. The Morgan fingerprint density at radius 1 is 0.404 bits per heavy atom. The summed E-state index contributed by atoms with van der Waals surface area (Å²) in [6, 6.07) is 72.2. The van der Waals surface area contributed by atoms with Gasteiger partial charge in [-0.3, -0.25) is 73.1 Å². The molecule has 27 nitrogen and oxygen atoms in total. The minimum Gasteiger partial charge on any atom is -0.465 e. The van der Waals surface area contributed by atoms with Crippen molar-refractivity contribution in [3.8, 4) is 0 Å². The number of nitrogens with zero attached hydrogens (tertiary/aromatic N) is 10. The number of hydrogen-bond donors (Lipinski definition) is 6. The molecular weight excluding hydrogens is 1850 g/mol. The van der Waals surface area contributed by atoms with Crippen molar-refractivity contribution < 1.29 is 52.6 Å². The van der Waals surface area contributed by atoms with Crippen LogP contribution in [0.1, 0.15) is 138 Å². The second-order valence-electron chi connectivity index (χ2n) is 35.7. The van der Waals surface area contributed by atoms with Crippen molar-refractivity contribution in [2.45, 2.75) is 189 Å². The monoisotopic (exact) mass is 2010 g/mol. The largest absolute Gasteiger partial charge is 0.465 e. The second kappa shape index (κ2) is 56.8. The van der Waals surface area contributed by atoms with Crippen LogP contribution in [0.3, 0.4) is 0 Å². The number of ether oxygens (including phenoxy) is 3. The molecular formula is C107H162Br2N16O11. The first-order chi connectivity index (χ1) is 62.4. The maximum absolute atomic E-state index is 13.1. The number of carbonyl (C=O) groups excluding carboxylic acids is 8. The van der Waals surface area contributed by atoms with E-state index >= 15 is 0 Å². The Hall–Kier alpha value is -9.18. The number of benzene rings is 7. The van der Waals surface area contributed by atoms with E-state index in [9.17, 15) is 38.4 Å². The zero-order valence-electron chi connectivity index (χ0n) is 76.3. The van der Waals surface area contributed by atoms with E-state index in [0.29, 0.717) is 51.3 Å². The zero-order valence-corrected chi connectivity index (χ0v) is 79.4. The molecule has 18 rings (SSSR count). The summed E-state index contributed by atoms with van der Waals surface area (Å²) < 4.78 is 15.9. The van der Waals surface area contributed by atoms with Gasteiger partial charge in [-0.25, -0.2) is 0 Å². The number of likely N-dealkylation sites (tertiary alicyclic amines) is 1. The van der Waals surface area contributed by atoms with Crippen LogP contribution in [0.2, 0.25) is 0 Å². The van der Waals surface area contributed by atoms with Crippen molar-refractivity contribution >= 4 is 79.2 Å². The Bertz CT molecular complexity index is 4730. The Morgan fingerprint density at radius 3 is 1.18 bits per heavy atom. The van der Waals surface area contributed by atoms with Gasteiger partial charge in [0, 0.05) is 169 Å². The summed E-state index contributed by atoms with van der Waals surface area (Å²) in [5.74, 6) is 0.0854.